The first-order valence-corrected chi connectivity index (χ1v) is 5.92. The summed E-state index contributed by atoms with van der Waals surface area (Å²) >= 11 is 3.13. The molecule has 0 aliphatic carbocycles. The summed E-state index contributed by atoms with van der Waals surface area (Å²) in [5.41, 5.74) is 0.0570. The molecule has 0 radical (unpaired) electrons. The van der Waals surface area contributed by atoms with E-state index in [1.807, 2.05) is 6.07 Å². The predicted molar refractivity (Wildman–Crippen MR) is 70.0 cm³/mol. The molecule has 1 aromatic carbocycles. The van der Waals surface area contributed by atoms with Crippen LogP contribution >= 0.6 is 15.9 Å². The van der Waals surface area contributed by atoms with Crippen molar-refractivity contribution in [2.24, 2.45) is 0 Å². The largest absolute Gasteiger partial charge is 0.334 e. The highest BCUT2D eigenvalue weighted by Gasteiger charge is 2.12. The Morgan fingerprint density at radius 1 is 1.11 bits per heavy atom. The Balaban J connectivity index is 2.44. The van der Waals surface area contributed by atoms with E-state index in [0.717, 1.165) is 4.57 Å². The van der Waals surface area contributed by atoms with Crippen molar-refractivity contribution in [3.8, 4) is 5.69 Å². The Hall–Kier alpha value is -2.15. The topological polar surface area (TPSA) is 83.5 Å². The van der Waals surface area contributed by atoms with Gasteiger partial charge in [-0.05, 0) is 28.1 Å². The zero-order chi connectivity index (χ0) is 12.7. The number of halogens is 1. The molecule has 2 heterocycles. The Morgan fingerprint density at radius 3 is 2.56 bits per heavy atom. The molecule has 7 heteroatoms. The predicted octanol–water partition coefficient (Wildman–Crippen LogP) is 1.16. The number of fused-ring (bicyclic) bond motifs is 1. The molecule has 0 fully saturated rings. The van der Waals surface area contributed by atoms with E-state index in [1.54, 1.807) is 24.3 Å². The summed E-state index contributed by atoms with van der Waals surface area (Å²) in [5, 5.41) is 0. The average molecular weight is 307 g/mol. The van der Waals surface area contributed by atoms with Crippen molar-refractivity contribution in [3.05, 3.63) is 55.9 Å². The highest BCUT2D eigenvalue weighted by molar-refractivity contribution is 9.10. The van der Waals surface area contributed by atoms with Gasteiger partial charge in [-0.15, -0.1) is 0 Å². The first-order valence-electron chi connectivity index (χ1n) is 5.13. The summed E-state index contributed by atoms with van der Waals surface area (Å²) in [6.07, 6.45) is 0. The van der Waals surface area contributed by atoms with Crippen LogP contribution in [-0.2, 0) is 0 Å². The van der Waals surface area contributed by atoms with E-state index in [9.17, 15) is 9.59 Å². The van der Waals surface area contributed by atoms with Gasteiger partial charge in [0, 0.05) is 0 Å². The molecule has 6 nitrogen and oxygen atoms in total. The summed E-state index contributed by atoms with van der Waals surface area (Å²) in [6, 6.07) is 8.71. The number of hydrogen-bond donors (Lipinski definition) is 2. The van der Waals surface area contributed by atoms with Crippen molar-refractivity contribution < 1.29 is 0 Å². The molecule has 0 saturated carbocycles. The first-order chi connectivity index (χ1) is 8.66. The van der Waals surface area contributed by atoms with Gasteiger partial charge < -0.3 is 4.98 Å². The average Bonchev–Trinajstić information content (AvgIpc) is 2.71. The second-order valence-corrected chi connectivity index (χ2v) is 4.41. The van der Waals surface area contributed by atoms with E-state index in [0.29, 0.717) is 10.4 Å². The number of H-pyrrole nitrogens is 2. The number of rotatable bonds is 1. The van der Waals surface area contributed by atoms with E-state index in [4.69, 9.17) is 0 Å². The van der Waals surface area contributed by atoms with Gasteiger partial charge in [0.1, 0.15) is 0 Å². The number of nitrogens with zero attached hydrogens (tertiary/aromatic N) is 2. The Kier molecular flexibility index (Phi) is 2.41. The monoisotopic (exact) mass is 306 g/mol. The number of para-hydroxylation sites is 1. The van der Waals surface area contributed by atoms with Crippen LogP contribution in [0, 0.1) is 0 Å². The fourth-order valence-corrected chi connectivity index (χ4v) is 2.14. The van der Waals surface area contributed by atoms with Crippen LogP contribution in [0.1, 0.15) is 0 Å². The van der Waals surface area contributed by atoms with Crippen molar-refractivity contribution in [2.45, 2.75) is 0 Å². The smallest absolute Gasteiger partial charge is 0.327 e. The summed E-state index contributed by atoms with van der Waals surface area (Å²) in [5.74, 6) is 0. The van der Waals surface area contributed by atoms with Crippen LogP contribution in [0.25, 0.3) is 16.9 Å². The minimum Gasteiger partial charge on any atom is -0.327 e. The molecule has 3 aromatic rings. The molecular formula is C11H7BrN4O2. The number of benzene rings is 1. The molecule has 2 N–H and O–H groups in total. The molecule has 0 atom stereocenters. The Morgan fingerprint density at radius 2 is 1.83 bits per heavy atom. The van der Waals surface area contributed by atoms with Gasteiger partial charge in [-0.25, -0.2) is 14.3 Å². The number of aromatic nitrogens is 4. The molecule has 0 unspecified atom stereocenters. The standard InChI is InChI=1S/C11H7BrN4O2/c12-10-13-7-8(14-10)15-11(18)16(9(7)17)6-4-2-1-3-5-6/h1-5H,(H,13,14)(H,15,18). The van der Waals surface area contributed by atoms with E-state index >= 15 is 0 Å². The summed E-state index contributed by atoms with van der Waals surface area (Å²) in [7, 11) is 0. The van der Waals surface area contributed by atoms with E-state index < -0.39 is 11.2 Å². The van der Waals surface area contributed by atoms with E-state index in [-0.39, 0.29) is 11.2 Å². The van der Waals surface area contributed by atoms with Gasteiger partial charge in [0.05, 0.1) is 5.69 Å². The van der Waals surface area contributed by atoms with Gasteiger partial charge in [-0.2, -0.15) is 0 Å². The van der Waals surface area contributed by atoms with Crippen LogP contribution in [-0.4, -0.2) is 19.5 Å². The molecule has 0 aliphatic heterocycles. The molecular weight excluding hydrogens is 300 g/mol. The maximum absolute atomic E-state index is 12.2. The molecule has 2 aromatic heterocycles. The van der Waals surface area contributed by atoms with Crippen LogP contribution in [0.15, 0.2) is 44.7 Å². The van der Waals surface area contributed by atoms with Gasteiger partial charge in [-0.3, -0.25) is 9.78 Å². The van der Waals surface area contributed by atoms with Crippen molar-refractivity contribution in [2.75, 3.05) is 0 Å². The lowest BCUT2D eigenvalue weighted by Crippen LogP contribution is -2.33. The highest BCUT2D eigenvalue weighted by atomic mass is 79.9. The molecule has 18 heavy (non-hydrogen) atoms. The Labute approximate surface area is 108 Å². The van der Waals surface area contributed by atoms with Crippen LogP contribution in [0.5, 0.6) is 0 Å². The van der Waals surface area contributed by atoms with Gasteiger partial charge >= 0.3 is 5.69 Å². The number of nitrogens with one attached hydrogen (secondary N) is 2. The zero-order valence-electron chi connectivity index (χ0n) is 8.98. The lowest BCUT2D eigenvalue weighted by molar-refractivity contribution is 0.896. The summed E-state index contributed by atoms with van der Waals surface area (Å²) < 4.78 is 1.46. The third-order valence-corrected chi connectivity index (χ3v) is 2.91. The normalized spacial score (nSPS) is 10.9. The second kappa shape index (κ2) is 3.95. The molecule has 0 spiro atoms. The fraction of sp³-hybridized carbons (Fsp3) is 0. The molecule has 0 saturated heterocycles. The van der Waals surface area contributed by atoms with Crippen LogP contribution in [0.3, 0.4) is 0 Å². The molecule has 3 rings (SSSR count). The van der Waals surface area contributed by atoms with Crippen molar-refractivity contribution >= 4 is 27.1 Å². The fourth-order valence-electron chi connectivity index (χ4n) is 1.76. The maximum Gasteiger partial charge on any atom is 0.334 e. The SMILES string of the molecule is O=c1[nH]c2nc(Br)[nH]c2c(=O)n1-c1ccccc1. The Bertz CT molecular complexity index is 832. The zero-order valence-corrected chi connectivity index (χ0v) is 10.6. The summed E-state index contributed by atoms with van der Waals surface area (Å²) in [4.78, 5) is 33.4. The third-order valence-electron chi connectivity index (χ3n) is 2.53. The van der Waals surface area contributed by atoms with Gasteiger partial charge in [0.15, 0.2) is 15.9 Å². The van der Waals surface area contributed by atoms with Gasteiger partial charge in [0.2, 0.25) is 0 Å². The number of hydrogen-bond acceptors (Lipinski definition) is 3. The first kappa shape index (κ1) is 11.0. The van der Waals surface area contributed by atoms with Crippen LogP contribution in [0.2, 0.25) is 0 Å². The minimum atomic E-state index is -0.516. The van der Waals surface area contributed by atoms with Crippen LogP contribution < -0.4 is 11.2 Å². The lowest BCUT2D eigenvalue weighted by atomic mass is 10.3. The molecule has 0 amide bonds. The van der Waals surface area contributed by atoms with Gasteiger partial charge in [-0.1, -0.05) is 18.2 Å². The molecule has 0 bridgehead atoms. The highest BCUT2D eigenvalue weighted by Crippen LogP contribution is 2.08. The third kappa shape index (κ3) is 1.60. The van der Waals surface area contributed by atoms with Crippen LogP contribution in [0.4, 0.5) is 0 Å². The molecule has 90 valence electrons. The second-order valence-electron chi connectivity index (χ2n) is 3.66. The van der Waals surface area contributed by atoms with E-state index in [1.165, 1.54) is 0 Å². The molecule has 0 aliphatic rings. The lowest BCUT2D eigenvalue weighted by Gasteiger charge is -2.03. The van der Waals surface area contributed by atoms with Gasteiger partial charge in [0.25, 0.3) is 5.56 Å². The quantitative estimate of drug-likeness (QED) is 0.662. The van der Waals surface area contributed by atoms with Crippen molar-refractivity contribution in [1.29, 1.82) is 0 Å². The summed E-state index contributed by atoms with van der Waals surface area (Å²) in [6.45, 7) is 0. The van der Waals surface area contributed by atoms with E-state index in [2.05, 4.69) is 30.9 Å². The number of aromatic amines is 2. The maximum atomic E-state index is 12.2. The minimum absolute atomic E-state index is 0.240. The van der Waals surface area contributed by atoms with Crippen molar-refractivity contribution in [1.82, 2.24) is 19.5 Å². The number of imidazole rings is 1. The van der Waals surface area contributed by atoms with Crippen molar-refractivity contribution in [3.63, 3.8) is 0 Å².